The normalized spacial score (nSPS) is 14.7. The van der Waals surface area contributed by atoms with E-state index in [-0.39, 0.29) is 5.91 Å². The van der Waals surface area contributed by atoms with E-state index in [9.17, 15) is 4.79 Å². The van der Waals surface area contributed by atoms with Crippen molar-refractivity contribution >= 4 is 28.3 Å². The Labute approximate surface area is 105 Å². The van der Waals surface area contributed by atoms with E-state index in [1.807, 2.05) is 18.9 Å². The molecule has 1 aromatic heterocycles. The highest BCUT2D eigenvalue weighted by molar-refractivity contribution is 7.10. The van der Waals surface area contributed by atoms with E-state index in [0.29, 0.717) is 24.8 Å². The smallest absolute Gasteiger partial charge is 0.239 e. The van der Waals surface area contributed by atoms with Gasteiger partial charge in [-0.15, -0.1) is 0 Å². The van der Waals surface area contributed by atoms with E-state index in [1.165, 1.54) is 24.4 Å². The summed E-state index contributed by atoms with van der Waals surface area (Å²) in [5.41, 5.74) is 7.02. The first-order chi connectivity index (χ1) is 8.13. The number of hydrogen-bond donors (Lipinski definition) is 2. The lowest BCUT2D eigenvalue weighted by molar-refractivity contribution is -0.119. The predicted molar refractivity (Wildman–Crippen MR) is 70.5 cm³/mol. The minimum absolute atomic E-state index is 0.0312. The molecule has 1 aliphatic rings. The molecule has 2 rings (SSSR count). The maximum absolute atomic E-state index is 11.5. The largest absolute Gasteiger partial charge is 0.383 e. The van der Waals surface area contributed by atoms with Crippen LogP contribution in [0.25, 0.3) is 0 Å². The summed E-state index contributed by atoms with van der Waals surface area (Å²) in [4.78, 5) is 13.5. The SMILES string of the molecule is CCNC(=O)CN(C)c1snc(N)c1C1CC1. The first-order valence-corrected chi connectivity index (χ1v) is 6.63. The molecule has 0 aliphatic heterocycles. The number of anilines is 2. The van der Waals surface area contributed by atoms with E-state index in [2.05, 4.69) is 9.69 Å². The summed E-state index contributed by atoms with van der Waals surface area (Å²) in [7, 11) is 1.91. The van der Waals surface area contributed by atoms with Gasteiger partial charge < -0.3 is 16.0 Å². The minimum Gasteiger partial charge on any atom is -0.383 e. The van der Waals surface area contributed by atoms with Gasteiger partial charge in [-0.05, 0) is 37.2 Å². The molecule has 1 fully saturated rings. The summed E-state index contributed by atoms with van der Waals surface area (Å²) in [5, 5.41) is 3.83. The van der Waals surface area contributed by atoms with E-state index < -0.39 is 0 Å². The Morgan fingerprint density at radius 3 is 2.94 bits per heavy atom. The Bertz CT molecular complexity index is 414. The van der Waals surface area contributed by atoms with Crippen molar-refractivity contribution in [3.05, 3.63) is 5.56 Å². The van der Waals surface area contributed by atoms with E-state index in [0.717, 1.165) is 10.6 Å². The number of rotatable bonds is 5. The van der Waals surface area contributed by atoms with Crippen LogP contribution >= 0.6 is 11.5 Å². The predicted octanol–water partition coefficient (Wildman–Crippen LogP) is 1.18. The topological polar surface area (TPSA) is 71.2 Å². The first-order valence-electron chi connectivity index (χ1n) is 5.86. The van der Waals surface area contributed by atoms with Crippen LogP contribution < -0.4 is 16.0 Å². The Kier molecular flexibility index (Phi) is 3.51. The fourth-order valence-corrected chi connectivity index (χ4v) is 2.73. The Hall–Kier alpha value is -1.30. The molecule has 3 N–H and O–H groups in total. The van der Waals surface area contributed by atoms with Gasteiger partial charge in [0.1, 0.15) is 10.8 Å². The molecule has 1 amide bonds. The van der Waals surface area contributed by atoms with Gasteiger partial charge in [-0.2, -0.15) is 4.37 Å². The monoisotopic (exact) mass is 254 g/mol. The van der Waals surface area contributed by atoms with Gasteiger partial charge in [-0.25, -0.2) is 0 Å². The molecule has 1 aromatic rings. The number of amides is 1. The van der Waals surface area contributed by atoms with Crippen LogP contribution in [-0.2, 0) is 4.79 Å². The summed E-state index contributed by atoms with van der Waals surface area (Å²) in [6, 6.07) is 0. The Morgan fingerprint density at radius 2 is 2.35 bits per heavy atom. The van der Waals surface area contributed by atoms with Crippen molar-refractivity contribution < 1.29 is 4.79 Å². The quantitative estimate of drug-likeness (QED) is 0.827. The zero-order chi connectivity index (χ0) is 12.4. The van der Waals surface area contributed by atoms with E-state index in [4.69, 9.17) is 5.73 Å². The second-order valence-corrected chi connectivity index (χ2v) is 5.12. The third-order valence-electron chi connectivity index (χ3n) is 2.82. The average molecular weight is 254 g/mol. The Morgan fingerprint density at radius 1 is 1.65 bits per heavy atom. The molecule has 1 saturated carbocycles. The molecule has 0 aromatic carbocycles. The maximum atomic E-state index is 11.5. The van der Waals surface area contributed by atoms with Crippen molar-refractivity contribution in [2.24, 2.45) is 0 Å². The zero-order valence-corrected chi connectivity index (χ0v) is 11.0. The number of nitrogens with zero attached hydrogens (tertiary/aromatic N) is 2. The van der Waals surface area contributed by atoms with Crippen LogP contribution in [-0.4, -0.2) is 30.4 Å². The number of nitrogen functional groups attached to an aromatic ring is 1. The van der Waals surface area contributed by atoms with Gasteiger partial charge in [0.15, 0.2) is 0 Å². The molecule has 94 valence electrons. The lowest BCUT2D eigenvalue weighted by atomic mass is 10.2. The number of nitrogens with one attached hydrogen (secondary N) is 1. The third kappa shape index (κ3) is 2.69. The van der Waals surface area contributed by atoms with E-state index >= 15 is 0 Å². The molecule has 5 nitrogen and oxygen atoms in total. The molecule has 1 aliphatic carbocycles. The second-order valence-electron chi connectivity index (χ2n) is 4.37. The van der Waals surface area contributed by atoms with Crippen molar-refractivity contribution in [2.45, 2.75) is 25.7 Å². The van der Waals surface area contributed by atoms with Crippen molar-refractivity contribution in [1.82, 2.24) is 9.69 Å². The van der Waals surface area contributed by atoms with Gasteiger partial charge in [0.25, 0.3) is 0 Å². The number of likely N-dealkylation sites (N-methyl/N-ethyl adjacent to an activating group) is 2. The second kappa shape index (κ2) is 4.91. The van der Waals surface area contributed by atoms with Crippen molar-refractivity contribution in [3.8, 4) is 0 Å². The van der Waals surface area contributed by atoms with Crippen molar-refractivity contribution in [1.29, 1.82) is 0 Å². The van der Waals surface area contributed by atoms with Gasteiger partial charge in [0.2, 0.25) is 5.91 Å². The number of carbonyl (C=O) groups excluding carboxylic acids is 1. The molecule has 0 atom stereocenters. The molecule has 0 saturated heterocycles. The first kappa shape index (κ1) is 12.2. The van der Waals surface area contributed by atoms with Crippen LogP contribution in [0.4, 0.5) is 10.8 Å². The maximum Gasteiger partial charge on any atom is 0.239 e. The number of aromatic nitrogens is 1. The van der Waals surface area contributed by atoms with Crippen LogP contribution in [0.5, 0.6) is 0 Å². The van der Waals surface area contributed by atoms with Gasteiger partial charge in [0, 0.05) is 19.2 Å². The fourth-order valence-electron chi connectivity index (χ4n) is 1.87. The van der Waals surface area contributed by atoms with Crippen LogP contribution in [0.3, 0.4) is 0 Å². The lowest BCUT2D eigenvalue weighted by Crippen LogP contribution is -2.34. The van der Waals surface area contributed by atoms with Crippen molar-refractivity contribution in [3.63, 3.8) is 0 Å². The fraction of sp³-hybridized carbons (Fsp3) is 0.636. The van der Waals surface area contributed by atoms with Gasteiger partial charge in [0.05, 0.1) is 6.54 Å². The van der Waals surface area contributed by atoms with Crippen LogP contribution in [0.1, 0.15) is 31.2 Å². The number of carbonyl (C=O) groups is 1. The molecule has 0 unspecified atom stereocenters. The summed E-state index contributed by atoms with van der Waals surface area (Å²) < 4.78 is 4.20. The molecular formula is C11H18N4OS. The van der Waals surface area contributed by atoms with Gasteiger partial charge in [-0.1, -0.05) is 0 Å². The summed E-state index contributed by atoms with van der Waals surface area (Å²) >= 11 is 1.38. The summed E-state index contributed by atoms with van der Waals surface area (Å²) in [6.45, 7) is 2.93. The zero-order valence-electron chi connectivity index (χ0n) is 10.2. The molecular weight excluding hydrogens is 236 g/mol. The molecule has 6 heteroatoms. The molecule has 17 heavy (non-hydrogen) atoms. The highest BCUT2D eigenvalue weighted by Gasteiger charge is 2.31. The standard InChI is InChI=1S/C11H18N4OS/c1-3-13-8(16)6-15(2)11-9(7-4-5-7)10(12)14-17-11/h7H,3-6H2,1-2H3,(H2,12,14)(H,13,16). The lowest BCUT2D eigenvalue weighted by Gasteiger charge is -2.17. The highest BCUT2D eigenvalue weighted by atomic mass is 32.1. The molecule has 0 radical (unpaired) electrons. The van der Waals surface area contributed by atoms with E-state index in [1.54, 1.807) is 0 Å². The van der Waals surface area contributed by atoms with Gasteiger partial charge in [-0.3, -0.25) is 4.79 Å². The van der Waals surface area contributed by atoms with Crippen LogP contribution in [0.2, 0.25) is 0 Å². The number of hydrogen-bond acceptors (Lipinski definition) is 5. The third-order valence-corrected chi connectivity index (χ3v) is 3.82. The van der Waals surface area contributed by atoms with Gasteiger partial charge >= 0.3 is 0 Å². The Balaban J connectivity index is 2.08. The average Bonchev–Trinajstić information content (AvgIpc) is 3.02. The summed E-state index contributed by atoms with van der Waals surface area (Å²) in [5.74, 6) is 1.22. The summed E-state index contributed by atoms with van der Waals surface area (Å²) in [6.07, 6.45) is 2.37. The van der Waals surface area contributed by atoms with Crippen LogP contribution in [0.15, 0.2) is 0 Å². The molecule has 0 bridgehead atoms. The number of nitrogens with two attached hydrogens (primary N) is 1. The van der Waals surface area contributed by atoms with Crippen LogP contribution in [0, 0.1) is 0 Å². The molecule has 0 spiro atoms. The minimum atomic E-state index is 0.0312. The molecule has 1 heterocycles. The van der Waals surface area contributed by atoms with Crippen molar-refractivity contribution in [2.75, 3.05) is 30.8 Å². The highest BCUT2D eigenvalue weighted by Crippen LogP contribution is 2.48.